The Balaban J connectivity index is 1.82. The number of para-hydroxylation sites is 1. The van der Waals surface area contributed by atoms with E-state index >= 15 is 0 Å². The molecule has 1 unspecified atom stereocenters. The van der Waals surface area contributed by atoms with Crippen LogP contribution in [0.1, 0.15) is 15.9 Å². The van der Waals surface area contributed by atoms with Gasteiger partial charge in [0.05, 0.1) is 31.2 Å². The quantitative estimate of drug-likeness (QED) is 0.677. The molecule has 0 aliphatic carbocycles. The minimum Gasteiger partial charge on any atom is -0.497 e. The van der Waals surface area contributed by atoms with Crippen LogP contribution in [0.3, 0.4) is 0 Å². The molecule has 0 aromatic heterocycles. The third-order valence-corrected chi connectivity index (χ3v) is 5.59. The molecule has 2 amide bonds. The summed E-state index contributed by atoms with van der Waals surface area (Å²) in [5.41, 5.74) is 0.360. The number of anilines is 3. The van der Waals surface area contributed by atoms with Crippen molar-refractivity contribution in [2.75, 3.05) is 29.8 Å². The summed E-state index contributed by atoms with van der Waals surface area (Å²) >= 11 is 0. The van der Waals surface area contributed by atoms with Crippen LogP contribution in [0.4, 0.5) is 21.5 Å². The predicted octanol–water partition coefficient (Wildman–Crippen LogP) is 3.72. The Kier molecular flexibility index (Phi) is 4.11. The SMILES string of the molecule is COc1ccc(N2C(=O)c3ccccc3NC23C(=O)Nc2cc(F)ccc23)c(OC)c1. The van der Waals surface area contributed by atoms with E-state index in [1.165, 1.54) is 37.3 Å². The lowest BCUT2D eigenvalue weighted by Crippen LogP contribution is -2.61. The van der Waals surface area contributed by atoms with Crippen molar-refractivity contribution in [2.45, 2.75) is 5.66 Å². The van der Waals surface area contributed by atoms with Crippen LogP contribution in [0.25, 0.3) is 0 Å². The highest BCUT2D eigenvalue weighted by molar-refractivity contribution is 6.22. The molecule has 8 heteroatoms. The summed E-state index contributed by atoms with van der Waals surface area (Å²) in [4.78, 5) is 28.5. The summed E-state index contributed by atoms with van der Waals surface area (Å²) in [6.45, 7) is 0. The number of ether oxygens (including phenoxy) is 2. The van der Waals surface area contributed by atoms with Gasteiger partial charge in [0.15, 0.2) is 0 Å². The third kappa shape index (κ3) is 2.58. The Morgan fingerprint density at radius 2 is 1.74 bits per heavy atom. The highest BCUT2D eigenvalue weighted by Gasteiger charge is 2.57. The molecule has 5 rings (SSSR count). The molecule has 0 saturated carbocycles. The zero-order valence-electron chi connectivity index (χ0n) is 16.7. The highest BCUT2D eigenvalue weighted by atomic mass is 19.1. The van der Waals surface area contributed by atoms with Crippen molar-refractivity contribution in [3.8, 4) is 11.5 Å². The first-order chi connectivity index (χ1) is 15.0. The van der Waals surface area contributed by atoms with E-state index in [2.05, 4.69) is 10.6 Å². The van der Waals surface area contributed by atoms with Crippen molar-refractivity contribution in [1.29, 1.82) is 0 Å². The largest absolute Gasteiger partial charge is 0.497 e. The van der Waals surface area contributed by atoms with E-state index in [0.717, 1.165) is 0 Å². The lowest BCUT2D eigenvalue weighted by molar-refractivity contribution is -0.119. The molecule has 2 N–H and O–H groups in total. The number of nitrogens with one attached hydrogen (secondary N) is 2. The van der Waals surface area contributed by atoms with Crippen molar-refractivity contribution in [3.63, 3.8) is 0 Å². The van der Waals surface area contributed by atoms with Crippen LogP contribution < -0.4 is 25.0 Å². The number of benzene rings is 3. The molecule has 3 aromatic rings. The average molecular weight is 419 g/mol. The van der Waals surface area contributed by atoms with E-state index in [1.807, 2.05) is 0 Å². The molecular weight excluding hydrogens is 401 g/mol. The molecule has 3 aromatic carbocycles. The van der Waals surface area contributed by atoms with Crippen molar-refractivity contribution in [2.24, 2.45) is 0 Å². The Morgan fingerprint density at radius 1 is 0.935 bits per heavy atom. The van der Waals surface area contributed by atoms with Crippen LogP contribution in [-0.4, -0.2) is 26.0 Å². The smallest absolute Gasteiger partial charge is 0.276 e. The standard InChI is InChI=1S/C23H18FN3O4/c1-30-14-8-10-19(20(12-14)31-2)27-21(28)15-5-3-4-6-17(15)26-23(27)16-9-7-13(24)11-18(16)25-22(23)29/h3-12,26H,1-2H3,(H,25,29). The summed E-state index contributed by atoms with van der Waals surface area (Å²) < 4.78 is 24.7. The highest BCUT2D eigenvalue weighted by Crippen LogP contribution is 2.49. The average Bonchev–Trinajstić information content (AvgIpc) is 3.04. The molecule has 2 aliphatic rings. The topological polar surface area (TPSA) is 79.9 Å². The number of hydrogen-bond acceptors (Lipinski definition) is 5. The number of rotatable bonds is 3. The number of amides is 2. The Bertz CT molecular complexity index is 1250. The van der Waals surface area contributed by atoms with Crippen LogP contribution >= 0.6 is 0 Å². The number of carbonyl (C=O) groups is 2. The molecule has 7 nitrogen and oxygen atoms in total. The van der Waals surface area contributed by atoms with Crippen LogP contribution in [-0.2, 0) is 10.5 Å². The maximum atomic E-state index is 13.9. The van der Waals surface area contributed by atoms with E-state index in [0.29, 0.717) is 39.7 Å². The number of fused-ring (bicyclic) bond motifs is 3. The fraction of sp³-hybridized carbons (Fsp3) is 0.130. The second kappa shape index (κ2) is 6.73. The Labute approximate surface area is 177 Å². The van der Waals surface area contributed by atoms with Gasteiger partial charge in [-0.2, -0.15) is 0 Å². The molecule has 1 spiro atoms. The van der Waals surface area contributed by atoms with E-state index in [4.69, 9.17) is 9.47 Å². The summed E-state index contributed by atoms with van der Waals surface area (Å²) in [6.07, 6.45) is 0. The van der Waals surface area contributed by atoms with E-state index in [-0.39, 0.29) is 0 Å². The zero-order valence-corrected chi connectivity index (χ0v) is 16.7. The number of nitrogens with zero attached hydrogens (tertiary/aromatic N) is 1. The first-order valence-electron chi connectivity index (χ1n) is 9.55. The Hall–Kier alpha value is -4.07. The molecule has 2 heterocycles. The summed E-state index contributed by atoms with van der Waals surface area (Å²) in [7, 11) is 2.99. The lowest BCUT2D eigenvalue weighted by Gasteiger charge is -2.44. The van der Waals surface area contributed by atoms with E-state index in [9.17, 15) is 14.0 Å². The van der Waals surface area contributed by atoms with Gasteiger partial charge in [-0.15, -0.1) is 0 Å². The second-order valence-corrected chi connectivity index (χ2v) is 7.20. The molecule has 0 saturated heterocycles. The van der Waals surface area contributed by atoms with Gasteiger partial charge in [-0.05, 0) is 42.5 Å². The van der Waals surface area contributed by atoms with Gasteiger partial charge >= 0.3 is 0 Å². The van der Waals surface area contributed by atoms with E-state index < -0.39 is 23.3 Å². The summed E-state index contributed by atoms with van der Waals surface area (Å²) in [5.74, 6) is -0.520. The molecular formula is C23H18FN3O4. The van der Waals surface area contributed by atoms with Crippen molar-refractivity contribution < 1.29 is 23.5 Å². The third-order valence-electron chi connectivity index (χ3n) is 5.59. The van der Waals surface area contributed by atoms with Gasteiger partial charge < -0.3 is 20.1 Å². The number of carbonyl (C=O) groups excluding carboxylic acids is 2. The van der Waals surface area contributed by atoms with Gasteiger partial charge in [-0.3, -0.25) is 14.5 Å². The number of methoxy groups -OCH3 is 2. The predicted molar refractivity (Wildman–Crippen MR) is 113 cm³/mol. The first-order valence-corrected chi connectivity index (χ1v) is 9.55. The maximum Gasteiger partial charge on any atom is 0.276 e. The maximum absolute atomic E-state index is 13.9. The van der Waals surface area contributed by atoms with Gasteiger partial charge in [0.1, 0.15) is 17.3 Å². The normalized spacial score (nSPS) is 18.9. The van der Waals surface area contributed by atoms with Crippen LogP contribution in [0.5, 0.6) is 11.5 Å². The molecule has 0 radical (unpaired) electrons. The van der Waals surface area contributed by atoms with Gasteiger partial charge in [-0.1, -0.05) is 12.1 Å². The number of halogens is 1. The zero-order chi connectivity index (χ0) is 21.8. The summed E-state index contributed by atoms with van der Waals surface area (Å²) in [6, 6.07) is 15.9. The second-order valence-electron chi connectivity index (χ2n) is 7.20. The molecule has 1 atom stereocenters. The molecule has 31 heavy (non-hydrogen) atoms. The van der Waals surface area contributed by atoms with Gasteiger partial charge in [-0.25, -0.2) is 4.39 Å². The van der Waals surface area contributed by atoms with Gasteiger partial charge in [0, 0.05) is 17.3 Å². The lowest BCUT2D eigenvalue weighted by atomic mass is 9.92. The van der Waals surface area contributed by atoms with Crippen LogP contribution in [0.2, 0.25) is 0 Å². The monoisotopic (exact) mass is 419 g/mol. The Morgan fingerprint density at radius 3 is 2.52 bits per heavy atom. The number of hydrogen-bond donors (Lipinski definition) is 2. The fourth-order valence-corrected chi connectivity index (χ4v) is 4.18. The van der Waals surface area contributed by atoms with Crippen molar-refractivity contribution in [3.05, 3.63) is 77.6 Å². The molecule has 156 valence electrons. The molecule has 0 fully saturated rings. The van der Waals surface area contributed by atoms with Crippen LogP contribution in [0, 0.1) is 5.82 Å². The van der Waals surface area contributed by atoms with Crippen molar-refractivity contribution >= 4 is 28.9 Å². The van der Waals surface area contributed by atoms with Crippen molar-refractivity contribution in [1.82, 2.24) is 0 Å². The first kappa shape index (κ1) is 18.9. The van der Waals surface area contributed by atoms with Crippen LogP contribution in [0.15, 0.2) is 60.7 Å². The minimum atomic E-state index is -1.63. The molecule has 0 bridgehead atoms. The van der Waals surface area contributed by atoms with E-state index in [1.54, 1.807) is 42.5 Å². The summed E-state index contributed by atoms with van der Waals surface area (Å²) in [5, 5.41) is 5.95. The van der Waals surface area contributed by atoms with Gasteiger partial charge in [0.25, 0.3) is 11.8 Å². The van der Waals surface area contributed by atoms with Gasteiger partial charge in [0.2, 0.25) is 5.66 Å². The minimum absolute atomic E-state index is 0.294. The fourth-order valence-electron chi connectivity index (χ4n) is 4.18. The molecule has 2 aliphatic heterocycles.